The van der Waals surface area contributed by atoms with E-state index in [2.05, 4.69) is 5.32 Å². The fraction of sp³-hybridized carbons (Fsp3) is 0.263. The minimum Gasteiger partial charge on any atom is -0.388 e. The quantitative estimate of drug-likeness (QED) is 0.642. The minimum atomic E-state index is -0.510. The normalized spacial score (nSPS) is 11.7. The first-order valence-electron chi connectivity index (χ1n) is 8.02. The van der Waals surface area contributed by atoms with Gasteiger partial charge in [0, 0.05) is 5.69 Å². The summed E-state index contributed by atoms with van der Waals surface area (Å²) in [5, 5.41) is 13.0. The molecular weight excluding hydrogens is 336 g/mol. The molecule has 0 heterocycles. The van der Waals surface area contributed by atoms with Crippen molar-refractivity contribution in [1.82, 2.24) is 0 Å². The van der Waals surface area contributed by atoms with Crippen LogP contribution >= 0.6 is 11.8 Å². The van der Waals surface area contributed by atoms with E-state index in [1.165, 1.54) is 11.8 Å². The smallest absolute Gasteiger partial charge is 0.234 e. The average molecular weight is 358 g/mol. The number of benzene rings is 2. The maximum absolute atomic E-state index is 11.8. The van der Waals surface area contributed by atoms with E-state index in [9.17, 15) is 14.7 Å². The van der Waals surface area contributed by atoms with Crippen LogP contribution in [0.3, 0.4) is 0 Å². The largest absolute Gasteiger partial charge is 0.388 e. The standard InChI is InChI=1S/C19H22N2O3S/c20-18(23)12-25-13-19(24)21-16-8-4-5-14(11-16)9-10-17(22)15-6-2-1-3-7-15/h1-8,11,17,22H,9-10,12-13H2,(H2,20,23)(H,21,24). The van der Waals surface area contributed by atoms with Gasteiger partial charge in [-0.15, -0.1) is 11.8 Å². The molecule has 0 saturated carbocycles. The van der Waals surface area contributed by atoms with Crippen molar-refractivity contribution in [2.45, 2.75) is 18.9 Å². The molecule has 2 rings (SSSR count). The zero-order valence-electron chi connectivity index (χ0n) is 13.9. The molecule has 0 aliphatic heterocycles. The lowest BCUT2D eigenvalue weighted by atomic mass is 10.0. The van der Waals surface area contributed by atoms with Crippen molar-refractivity contribution >= 4 is 29.3 Å². The number of rotatable bonds is 9. The number of aliphatic hydroxyl groups is 1. The molecule has 0 aliphatic carbocycles. The summed E-state index contributed by atoms with van der Waals surface area (Å²) in [6.07, 6.45) is 0.802. The molecule has 132 valence electrons. The van der Waals surface area contributed by atoms with Crippen LogP contribution in [0.15, 0.2) is 54.6 Å². The van der Waals surface area contributed by atoms with E-state index in [0.717, 1.165) is 11.1 Å². The van der Waals surface area contributed by atoms with Gasteiger partial charge >= 0.3 is 0 Å². The number of nitrogens with one attached hydrogen (secondary N) is 1. The lowest BCUT2D eigenvalue weighted by Gasteiger charge is -2.12. The van der Waals surface area contributed by atoms with Crippen LogP contribution < -0.4 is 11.1 Å². The minimum absolute atomic E-state index is 0.130. The zero-order chi connectivity index (χ0) is 18.1. The SMILES string of the molecule is NC(=O)CSCC(=O)Nc1cccc(CCC(O)c2ccccc2)c1. The van der Waals surface area contributed by atoms with E-state index in [4.69, 9.17) is 5.73 Å². The summed E-state index contributed by atoms with van der Waals surface area (Å²) in [7, 11) is 0. The highest BCUT2D eigenvalue weighted by molar-refractivity contribution is 8.00. The Morgan fingerprint density at radius 3 is 2.56 bits per heavy atom. The van der Waals surface area contributed by atoms with Gasteiger partial charge in [-0.25, -0.2) is 0 Å². The van der Waals surface area contributed by atoms with Gasteiger partial charge in [-0.05, 0) is 36.1 Å². The van der Waals surface area contributed by atoms with E-state index < -0.39 is 12.0 Å². The Bertz CT molecular complexity index is 707. The van der Waals surface area contributed by atoms with Crippen molar-refractivity contribution in [3.63, 3.8) is 0 Å². The van der Waals surface area contributed by atoms with Gasteiger partial charge in [-0.3, -0.25) is 9.59 Å². The molecule has 2 aromatic carbocycles. The van der Waals surface area contributed by atoms with Crippen molar-refractivity contribution in [1.29, 1.82) is 0 Å². The summed E-state index contributed by atoms with van der Waals surface area (Å²) < 4.78 is 0. The molecule has 4 N–H and O–H groups in total. The monoisotopic (exact) mass is 358 g/mol. The Kier molecular flexibility index (Phi) is 7.50. The Balaban J connectivity index is 1.84. The van der Waals surface area contributed by atoms with E-state index >= 15 is 0 Å². The fourth-order valence-electron chi connectivity index (χ4n) is 2.39. The first-order valence-corrected chi connectivity index (χ1v) is 9.18. The van der Waals surface area contributed by atoms with Gasteiger partial charge in [0.05, 0.1) is 17.6 Å². The van der Waals surface area contributed by atoms with Gasteiger partial charge in [-0.2, -0.15) is 0 Å². The van der Waals surface area contributed by atoms with E-state index in [0.29, 0.717) is 18.5 Å². The second-order valence-corrected chi connectivity index (χ2v) is 6.66. The Labute approximate surface area is 151 Å². The third-order valence-electron chi connectivity index (χ3n) is 3.58. The molecule has 5 nitrogen and oxygen atoms in total. The van der Waals surface area contributed by atoms with E-state index in [1.54, 1.807) is 0 Å². The molecule has 0 fully saturated rings. The third kappa shape index (κ3) is 6.99. The maximum atomic E-state index is 11.8. The predicted molar refractivity (Wildman–Crippen MR) is 101 cm³/mol. The van der Waals surface area contributed by atoms with Gasteiger partial charge in [0.15, 0.2) is 0 Å². The molecule has 0 bridgehead atoms. The number of amides is 2. The number of hydrogen-bond acceptors (Lipinski definition) is 4. The van der Waals surface area contributed by atoms with Crippen LogP contribution in [0.4, 0.5) is 5.69 Å². The molecule has 6 heteroatoms. The van der Waals surface area contributed by atoms with Gasteiger partial charge < -0.3 is 16.2 Å². The maximum Gasteiger partial charge on any atom is 0.234 e. The van der Waals surface area contributed by atoms with Crippen LogP contribution in [-0.2, 0) is 16.0 Å². The summed E-state index contributed by atoms with van der Waals surface area (Å²) in [6.45, 7) is 0. The highest BCUT2D eigenvalue weighted by atomic mass is 32.2. The first kappa shape index (κ1) is 19.0. The van der Waals surface area contributed by atoms with Crippen LogP contribution in [0.25, 0.3) is 0 Å². The van der Waals surface area contributed by atoms with E-state index in [-0.39, 0.29) is 17.4 Å². The van der Waals surface area contributed by atoms with Gasteiger partial charge in [0.25, 0.3) is 0 Å². The number of hydrogen-bond donors (Lipinski definition) is 3. The third-order valence-corrected chi connectivity index (χ3v) is 4.53. The van der Waals surface area contributed by atoms with Crippen molar-refractivity contribution < 1.29 is 14.7 Å². The number of nitrogens with two attached hydrogens (primary N) is 1. The fourth-order valence-corrected chi connectivity index (χ4v) is 2.95. The molecule has 0 aromatic heterocycles. The van der Waals surface area contributed by atoms with Crippen molar-refractivity contribution in [3.8, 4) is 0 Å². The Hall–Kier alpha value is -2.31. The molecule has 2 amide bonds. The molecular formula is C19H22N2O3S. The number of thioether (sulfide) groups is 1. The Morgan fingerprint density at radius 2 is 1.84 bits per heavy atom. The number of carbonyl (C=O) groups excluding carboxylic acids is 2. The molecule has 0 aliphatic rings. The molecule has 0 saturated heterocycles. The summed E-state index contributed by atoms with van der Waals surface area (Å²) >= 11 is 1.19. The lowest BCUT2D eigenvalue weighted by Crippen LogP contribution is -2.18. The molecule has 0 spiro atoms. The number of aryl methyl sites for hydroxylation is 1. The molecule has 1 atom stereocenters. The summed E-state index contributed by atoms with van der Waals surface area (Å²) in [5.74, 6) is -0.297. The molecule has 25 heavy (non-hydrogen) atoms. The van der Waals surface area contributed by atoms with Crippen LogP contribution in [0, 0.1) is 0 Å². The molecule has 0 radical (unpaired) electrons. The highest BCUT2D eigenvalue weighted by Crippen LogP contribution is 2.20. The second kappa shape index (κ2) is 9.86. The van der Waals surface area contributed by atoms with Crippen molar-refractivity contribution in [3.05, 3.63) is 65.7 Å². The average Bonchev–Trinajstić information content (AvgIpc) is 2.60. The number of anilines is 1. The highest BCUT2D eigenvalue weighted by Gasteiger charge is 2.08. The molecule has 1 unspecified atom stereocenters. The van der Waals surface area contributed by atoms with Gasteiger partial charge in [0.1, 0.15) is 0 Å². The first-order chi connectivity index (χ1) is 12.0. The number of primary amides is 1. The topological polar surface area (TPSA) is 92.4 Å². The van der Waals surface area contributed by atoms with Crippen LogP contribution in [0.1, 0.15) is 23.7 Å². The van der Waals surface area contributed by atoms with E-state index in [1.807, 2.05) is 54.6 Å². The summed E-state index contributed by atoms with van der Waals surface area (Å²) in [6, 6.07) is 17.1. The number of carbonyl (C=O) groups is 2. The second-order valence-electron chi connectivity index (χ2n) is 5.67. The number of aliphatic hydroxyl groups excluding tert-OH is 1. The van der Waals surface area contributed by atoms with Gasteiger partial charge in [-0.1, -0.05) is 42.5 Å². The van der Waals surface area contributed by atoms with Crippen molar-refractivity contribution in [2.24, 2.45) is 5.73 Å². The van der Waals surface area contributed by atoms with Crippen LogP contribution in [0.5, 0.6) is 0 Å². The van der Waals surface area contributed by atoms with Crippen LogP contribution in [0.2, 0.25) is 0 Å². The molecule has 2 aromatic rings. The zero-order valence-corrected chi connectivity index (χ0v) is 14.7. The predicted octanol–water partition coefficient (Wildman–Crippen LogP) is 2.51. The summed E-state index contributed by atoms with van der Waals surface area (Å²) in [4.78, 5) is 22.5. The van der Waals surface area contributed by atoms with Crippen LogP contribution in [-0.4, -0.2) is 28.4 Å². The Morgan fingerprint density at radius 1 is 1.08 bits per heavy atom. The lowest BCUT2D eigenvalue weighted by molar-refractivity contribution is -0.115. The van der Waals surface area contributed by atoms with Gasteiger partial charge in [0.2, 0.25) is 11.8 Å². The van der Waals surface area contributed by atoms with Crippen molar-refractivity contribution in [2.75, 3.05) is 16.8 Å². The summed E-state index contributed by atoms with van der Waals surface area (Å²) in [5.41, 5.74) is 7.68.